The molecular weight excluding hydrogens is 389 g/mol. The lowest BCUT2D eigenvalue weighted by molar-refractivity contribution is -0.126. The summed E-state index contributed by atoms with van der Waals surface area (Å²) in [4.78, 5) is 14.9. The average Bonchev–Trinajstić information content (AvgIpc) is 3.30. The van der Waals surface area contributed by atoms with Gasteiger partial charge < -0.3 is 25.4 Å². The fourth-order valence-electron chi connectivity index (χ4n) is 4.06. The van der Waals surface area contributed by atoms with E-state index in [1.54, 1.807) is 14.2 Å². The first-order valence-corrected chi connectivity index (χ1v) is 9.13. The molecule has 1 amide bonds. The van der Waals surface area contributed by atoms with E-state index < -0.39 is 0 Å². The van der Waals surface area contributed by atoms with Crippen molar-refractivity contribution in [2.45, 2.75) is 31.7 Å². The van der Waals surface area contributed by atoms with Gasteiger partial charge >= 0.3 is 0 Å². The smallest absolute Gasteiger partial charge is 0.223 e. The Kier molecular flexibility index (Phi) is 9.50. The highest BCUT2D eigenvalue weighted by Gasteiger charge is 2.34. The predicted molar refractivity (Wildman–Crippen MR) is 113 cm³/mol. The van der Waals surface area contributed by atoms with Crippen LogP contribution in [0.25, 0.3) is 0 Å². The SMILES string of the molecule is COc1cc(OC)cc(N2CCC(NC(=O)[C@@H]3CCC[C@@H]3CN)C2)c1.Cl.Cl. The first kappa shape index (κ1) is 23.7. The van der Waals surface area contributed by atoms with Gasteiger partial charge in [0.15, 0.2) is 0 Å². The molecular formula is C19H31Cl2N3O3. The summed E-state index contributed by atoms with van der Waals surface area (Å²) in [6.45, 7) is 2.33. The van der Waals surface area contributed by atoms with Crippen molar-refractivity contribution >= 4 is 36.4 Å². The molecule has 27 heavy (non-hydrogen) atoms. The maximum atomic E-state index is 12.6. The van der Waals surface area contributed by atoms with E-state index in [1.807, 2.05) is 18.2 Å². The number of hydrogen-bond donors (Lipinski definition) is 2. The number of halogens is 2. The third kappa shape index (κ3) is 5.56. The number of methoxy groups -OCH3 is 2. The van der Waals surface area contributed by atoms with Crippen LogP contribution in [0.15, 0.2) is 18.2 Å². The Morgan fingerprint density at radius 1 is 1.15 bits per heavy atom. The number of carbonyl (C=O) groups excluding carboxylic acids is 1. The van der Waals surface area contributed by atoms with Crippen molar-refractivity contribution in [3.8, 4) is 11.5 Å². The molecule has 1 aromatic rings. The zero-order valence-electron chi connectivity index (χ0n) is 16.0. The molecule has 2 aliphatic rings. The number of anilines is 1. The molecule has 3 rings (SSSR count). The van der Waals surface area contributed by atoms with Gasteiger partial charge in [-0.1, -0.05) is 6.42 Å². The van der Waals surface area contributed by atoms with E-state index in [9.17, 15) is 4.79 Å². The number of carbonyl (C=O) groups is 1. The lowest BCUT2D eigenvalue weighted by Crippen LogP contribution is -2.42. The molecule has 1 aliphatic carbocycles. The van der Waals surface area contributed by atoms with E-state index in [-0.39, 0.29) is 42.7 Å². The molecule has 1 unspecified atom stereocenters. The third-order valence-corrected chi connectivity index (χ3v) is 5.53. The molecule has 1 saturated heterocycles. The molecule has 0 aromatic heterocycles. The van der Waals surface area contributed by atoms with Crippen molar-refractivity contribution in [2.24, 2.45) is 17.6 Å². The van der Waals surface area contributed by atoms with Crippen LogP contribution in [-0.4, -0.2) is 45.8 Å². The average molecular weight is 420 g/mol. The van der Waals surface area contributed by atoms with Crippen LogP contribution in [0.4, 0.5) is 5.69 Å². The Morgan fingerprint density at radius 3 is 2.41 bits per heavy atom. The highest BCUT2D eigenvalue weighted by Crippen LogP contribution is 2.32. The molecule has 8 heteroatoms. The lowest BCUT2D eigenvalue weighted by Gasteiger charge is -2.22. The van der Waals surface area contributed by atoms with Gasteiger partial charge in [0.2, 0.25) is 5.91 Å². The van der Waals surface area contributed by atoms with Gasteiger partial charge in [-0.3, -0.25) is 4.79 Å². The summed E-state index contributed by atoms with van der Waals surface area (Å²) in [6, 6.07) is 6.07. The second-order valence-corrected chi connectivity index (χ2v) is 7.04. The molecule has 1 heterocycles. The zero-order chi connectivity index (χ0) is 17.8. The summed E-state index contributed by atoms with van der Waals surface area (Å²) in [6.07, 6.45) is 4.11. The second kappa shape index (κ2) is 10.8. The minimum atomic E-state index is 0. The fraction of sp³-hybridized carbons (Fsp3) is 0.632. The van der Waals surface area contributed by atoms with Gasteiger partial charge in [0, 0.05) is 48.9 Å². The van der Waals surface area contributed by atoms with Gasteiger partial charge in [-0.15, -0.1) is 24.8 Å². The van der Waals surface area contributed by atoms with E-state index in [0.717, 1.165) is 56.0 Å². The Labute approximate surface area is 174 Å². The van der Waals surface area contributed by atoms with Crippen LogP contribution >= 0.6 is 24.8 Å². The number of nitrogens with two attached hydrogens (primary N) is 1. The maximum absolute atomic E-state index is 12.6. The normalized spacial score (nSPS) is 24.0. The summed E-state index contributed by atoms with van der Waals surface area (Å²) >= 11 is 0. The monoisotopic (exact) mass is 419 g/mol. The molecule has 6 nitrogen and oxygen atoms in total. The first-order chi connectivity index (χ1) is 12.1. The number of benzene rings is 1. The Hall–Kier alpha value is -1.37. The van der Waals surface area contributed by atoms with Crippen molar-refractivity contribution in [1.29, 1.82) is 0 Å². The molecule has 3 N–H and O–H groups in total. The van der Waals surface area contributed by atoms with Crippen LogP contribution in [0.3, 0.4) is 0 Å². The number of nitrogens with zero attached hydrogens (tertiary/aromatic N) is 1. The minimum absolute atomic E-state index is 0. The van der Waals surface area contributed by atoms with Gasteiger partial charge in [0.25, 0.3) is 0 Å². The summed E-state index contributed by atoms with van der Waals surface area (Å²) in [5.74, 6) is 2.18. The number of amides is 1. The fourth-order valence-corrected chi connectivity index (χ4v) is 4.06. The van der Waals surface area contributed by atoms with Crippen LogP contribution in [0.2, 0.25) is 0 Å². The second-order valence-electron chi connectivity index (χ2n) is 7.04. The number of rotatable bonds is 6. The van der Waals surface area contributed by atoms with Gasteiger partial charge in [-0.05, 0) is 31.7 Å². The summed E-state index contributed by atoms with van der Waals surface area (Å²) in [5.41, 5.74) is 6.87. The first-order valence-electron chi connectivity index (χ1n) is 9.13. The third-order valence-electron chi connectivity index (χ3n) is 5.53. The van der Waals surface area contributed by atoms with E-state index in [4.69, 9.17) is 15.2 Å². The van der Waals surface area contributed by atoms with Gasteiger partial charge in [0.05, 0.1) is 14.2 Å². The minimum Gasteiger partial charge on any atom is -0.497 e. The molecule has 0 bridgehead atoms. The highest BCUT2D eigenvalue weighted by atomic mass is 35.5. The van der Waals surface area contributed by atoms with Crippen molar-refractivity contribution in [3.05, 3.63) is 18.2 Å². The van der Waals surface area contributed by atoms with Gasteiger partial charge in [-0.25, -0.2) is 0 Å². The molecule has 1 aliphatic heterocycles. The van der Waals surface area contributed by atoms with Crippen LogP contribution < -0.4 is 25.4 Å². The van der Waals surface area contributed by atoms with Gasteiger partial charge in [-0.2, -0.15) is 0 Å². The molecule has 1 saturated carbocycles. The van der Waals surface area contributed by atoms with Crippen LogP contribution in [0.5, 0.6) is 11.5 Å². The molecule has 0 radical (unpaired) electrons. The van der Waals surface area contributed by atoms with Crippen molar-refractivity contribution in [1.82, 2.24) is 5.32 Å². The Balaban J connectivity index is 0.00000182. The molecule has 0 spiro atoms. The van der Waals surface area contributed by atoms with Crippen LogP contribution in [-0.2, 0) is 4.79 Å². The van der Waals surface area contributed by atoms with E-state index >= 15 is 0 Å². The molecule has 1 aromatic carbocycles. The number of nitrogens with one attached hydrogen (secondary N) is 1. The van der Waals surface area contributed by atoms with Gasteiger partial charge in [0.1, 0.15) is 11.5 Å². The highest BCUT2D eigenvalue weighted by molar-refractivity contribution is 5.85. The maximum Gasteiger partial charge on any atom is 0.223 e. The van der Waals surface area contributed by atoms with Crippen molar-refractivity contribution in [3.63, 3.8) is 0 Å². The Bertz CT molecular complexity index is 596. The largest absolute Gasteiger partial charge is 0.497 e. The number of ether oxygens (including phenoxy) is 2. The summed E-state index contributed by atoms with van der Waals surface area (Å²) < 4.78 is 10.7. The predicted octanol–water partition coefficient (Wildman–Crippen LogP) is 2.62. The molecule has 3 atom stereocenters. The summed E-state index contributed by atoms with van der Waals surface area (Å²) in [7, 11) is 3.31. The lowest BCUT2D eigenvalue weighted by atomic mass is 9.95. The van der Waals surface area contributed by atoms with Crippen molar-refractivity contribution < 1.29 is 14.3 Å². The van der Waals surface area contributed by atoms with E-state index in [0.29, 0.717) is 12.5 Å². The van der Waals surface area contributed by atoms with E-state index in [1.165, 1.54) is 0 Å². The quantitative estimate of drug-likeness (QED) is 0.740. The molecule has 154 valence electrons. The topological polar surface area (TPSA) is 76.8 Å². The van der Waals surface area contributed by atoms with Crippen LogP contribution in [0.1, 0.15) is 25.7 Å². The standard InChI is InChI=1S/C19H29N3O3.2ClH/c1-24-16-8-15(9-17(10-16)25-2)22-7-6-14(12-22)21-19(23)18-5-3-4-13(18)11-20;;/h8-10,13-14,18H,3-7,11-12,20H2,1-2H3,(H,21,23);2*1H/t13-,14?,18-;;/m1../s1. The van der Waals surface area contributed by atoms with Crippen LogP contribution in [0, 0.1) is 11.8 Å². The molecule has 2 fully saturated rings. The van der Waals surface area contributed by atoms with E-state index in [2.05, 4.69) is 10.2 Å². The Morgan fingerprint density at radius 2 is 1.81 bits per heavy atom. The summed E-state index contributed by atoms with van der Waals surface area (Å²) in [5, 5.41) is 3.24. The van der Waals surface area contributed by atoms with Crippen molar-refractivity contribution in [2.75, 3.05) is 38.8 Å². The number of hydrogen-bond acceptors (Lipinski definition) is 5. The zero-order valence-corrected chi connectivity index (χ0v) is 17.6.